The van der Waals surface area contributed by atoms with Crippen molar-refractivity contribution in [2.24, 2.45) is 0 Å². The largest absolute Gasteiger partial charge is 0.342 e. The average molecular weight is 274 g/mol. The fraction of sp³-hybridized carbons (Fsp3) is 0.538. The lowest BCUT2D eigenvalue weighted by Crippen LogP contribution is -2.39. The predicted octanol–water partition coefficient (Wildman–Crippen LogP) is 0.797. The van der Waals surface area contributed by atoms with Crippen molar-refractivity contribution in [3.63, 3.8) is 0 Å². The number of aryl methyl sites for hydroxylation is 1. The molecule has 106 valence electrons. The lowest BCUT2D eigenvalue weighted by atomic mass is 9.95. The summed E-state index contributed by atoms with van der Waals surface area (Å²) < 4.78 is 1.69. The van der Waals surface area contributed by atoms with E-state index in [1.54, 1.807) is 17.2 Å². The first-order valence-corrected chi connectivity index (χ1v) is 6.92. The van der Waals surface area contributed by atoms with E-state index in [9.17, 15) is 4.79 Å². The molecule has 1 aliphatic rings. The third-order valence-corrected chi connectivity index (χ3v) is 3.76. The van der Waals surface area contributed by atoms with Crippen LogP contribution < -0.4 is 0 Å². The lowest BCUT2D eigenvalue weighted by Gasteiger charge is -2.32. The van der Waals surface area contributed by atoms with Gasteiger partial charge in [0.05, 0.1) is 6.54 Å². The lowest BCUT2D eigenvalue weighted by molar-refractivity contribution is -0.132. The highest BCUT2D eigenvalue weighted by Crippen LogP contribution is 2.25. The number of nitrogens with one attached hydrogen (secondary N) is 1. The first-order valence-electron chi connectivity index (χ1n) is 6.92. The number of aromatic amines is 1. The van der Waals surface area contributed by atoms with E-state index < -0.39 is 0 Å². The molecule has 3 rings (SSSR count). The van der Waals surface area contributed by atoms with E-state index in [0.29, 0.717) is 18.9 Å². The Kier molecular flexibility index (Phi) is 3.76. The van der Waals surface area contributed by atoms with Crippen molar-refractivity contribution in [2.75, 3.05) is 13.1 Å². The number of piperidine rings is 1. The molecule has 0 radical (unpaired) electrons. The zero-order valence-corrected chi connectivity index (χ0v) is 11.3. The van der Waals surface area contributed by atoms with Crippen LogP contribution in [-0.4, -0.2) is 48.9 Å². The molecule has 0 spiro atoms. The Morgan fingerprint density at radius 3 is 3.20 bits per heavy atom. The predicted molar refractivity (Wildman–Crippen MR) is 71.8 cm³/mol. The molecule has 7 nitrogen and oxygen atoms in total. The van der Waals surface area contributed by atoms with Crippen LogP contribution in [0.5, 0.6) is 0 Å². The molecule has 1 fully saturated rings. The second-order valence-corrected chi connectivity index (χ2v) is 5.10. The Labute approximate surface area is 117 Å². The number of hydrogen-bond donors (Lipinski definition) is 1. The molecule has 1 N–H and O–H groups in total. The van der Waals surface area contributed by atoms with Gasteiger partial charge < -0.3 is 4.90 Å². The molecule has 1 saturated heterocycles. The first kappa shape index (κ1) is 12.8. The normalized spacial score (nSPS) is 19.2. The monoisotopic (exact) mass is 274 g/mol. The number of hydrogen-bond acceptors (Lipinski definition) is 4. The van der Waals surface area contributed by atoms with Crippen LogP contribution in [0.2, 0.25) is 0 Å². The van der Waals surface area contributed by atoms with E-state index in [-0.39, 0.29) is 5.91 Å². The van der Waals surface area contributed by atoms with Gasteiger partial charge in [-0.15, -0.1) is 0 Å². The minimum absolute atomic E-state index is 0.185. The quantitative estimate of drug-likeness (QED) is 0.894. The molecule has 1 unspecified atom stereocenters. The van der Waals surface area contributed by atoms with Crippen LogP contribution in [0.1, 0.15) is 30.9 Å². The summed E-state index contributed by atoms with van der Waals surface area (Å²) in [4.78, 5) is 18.1. The van der Waals surface area contributed by atoms with Crippen molar-refractivity contribution in [1.29, 1.82) is 0 Å². The Balaban J connectivity index is 1.55. The topological polar surface area (TPSA) is 79.7 Å². The Morgan fingerprint density at radius 2 is 2.45 bits per heavy atom. The molecule has 2 aromatic rings. The number of amides is 1. The SMILES string of the molecule is O=C(CCn1cncn1)N1CCCC(c2ccn[nH]2)C1. The molecule has 0 aliphatic carbocycles. The molecule has 1 amide bonds. The van der Waals surface area contributed by atoms with Gasteiger partial charge in [0.1, 0.15) is 12.7 Å². The molecule has 20 heavy (non-hydrogen) atoms. The molecule has 2 aromatic heterocycles. The third-order valence-electron chi connectivity index (χ3n) is 3.76. The van der Waals surface area contributed by atoms with Crippen LogP contribution in [-0.2, 0) is 11.3 Å². The summed E-state index contributed by atoms with van der Waals surface area (Å²) in [6, 6.07) is 1.99. The van der Waals surface area contributed by atoms with Gasteiger partial charge in [-0.2, -0.15) is 10.2 Å². The molecule has 1 atom stereocenters. The highest BCUT2D eigenvalue weighted by atomic mass is 16.2. The minimum atomic E-state index is 0.185. The number of nitrogens with zero attached hydrogens (tertiary/aromatic N) is 5. The van der Waals surface area contributed by atoms with Crippen molar-refractivity contribution in [2.45, 2.75) is 31.7 Å². The fourth-order valence-corrected chi connectivity index (χ4v) is 2.67. The van der Waals surface area contributed by atoms with E-state index in [0.717, 1.165) is 31.6 Å². The van der Waals surface area contributed by atoms with Crippen molar-refractivity contribution in [3.05, 3.63) is 30.6 Å². The number of likely N-dealkylation sites (tertiary alicyclic amines) is 1. The van der Waals surface area contributed by atoms with Gasteiger partial charge in [-0.25, -0.2) is 4.98 Å². The Hall–Kier alpha value is -2.18. The van der Waals surface area contributed by atoms with Crippen LogP contribution in [0.25, 0.3) is 0 Å². The van der Waals surface area contributed by atoms with E-state index >= 15 is 0 Å². The molecule has 1 aliphatic heterocycles. The van der Waals surface area contributed by atoms with Gasteiger partial charge in [-0.05, 0) is 18.9 Å². The summed E-state index contributed by atoms with van der Waals surface area (Å²) in [5, 5.41) is 11.0. The standard InChI is InChI=1S/C13H18N6O/c20-13(4-7-19-10-14-9-16-19)18-6-1-2-11(8-18)12-3-5-15-17-12/h3,5,9-11H,1-2,4,6-8H2,(H,15,17). The zero-order valence-electron chi connectivity index (χ0n) is 11.3. The minimum Gasteiger partial charge on any atom is -0.342 e. The summed E-state index contributed by atoms with van der Waals surface area (Å²) in [6.45, 7) is 2.21. The summed E-state index contributed by atoms with van der Waals surface area (Å²) >= 11 is 0. The van der Waals surface area contributed by atoms with Crippen LogP contribution in [0, 0.1) is 0 Å². The number of carbonyl (C=O) groups excluding carboxylic acids is 1. The summed E-state index contributed by atoms with van der Waals surface area (Å²) in [7, 11) is 0. The van der Waals surface area contributed by atoms with Crippen LogP contribution in [0.15, 0.2) is 24.9 Å². The number of carbonyl (C=O) groups is 1. The van der Waals surface area contributed by atoms with E-state index in [1.165, 1.54) is 6.33 Å². The van der Waals surface area contributed by atoms with Gasteiger partial charge in [0, 0.05) is 37.3 Å². The van der Waals surface area contributed by atoms with E-state index in [2.05, 4.69) is 20.3 Å². The molecule has 0 bridgehead atoms. The zero-order chi connectivity index (χ0) is 13.8. The van der Waals surface area contributed by atoms with Crippen molar-refractivity contribution in [3.8, 4) is 0 Å². The molecule has 0 aromatic carbocycles. The Morgan fingerprint density at radius 1 is 1.50 bits per heavy atom. The summed E-state index contributed by atoms with van der Waals surface area (Å²) in [5.41, 5.74) is 1.12. The maximum Gasteiger partial charge on any atom is 0.224 e. The van der Waals surface area contributed by atoms with Gasteiger partial charge in [0.15, 0.2) is 0 Å². The van der Waals surface area contributed by atoms with Crippen LogP contribution in [0.3, 0.4) is 0 Å². The van der Waals surface area contributed by atoms with Crippen molar-refractivity contribution in [1.82, 2.24) is 29.9 Å². The third kappa shape index (κ3) is 2.87. The fourth-order valence-electron chi connectivity index (χ4n) is 2.67. The second kappa shape index (κ2) is 5.85. The highest BCUT2D eigenvalue weighted by Gasteiger charge is 2.25. The molecule has 7 heteroatoms. The van der Waals surface area contributed by atoms with Gasteiger partial charge in [0.25, 0.3) is 0 Å². The Bertz CT molecular complexity index is 535. The molecular formula is C13H18N6O. The van der Waals surface area contributed by atoms with Crippen LogP contribution >= 0.6 is 0 Å². The van der Waals surface area contributed by atoms with E-state index in [4.69, 9.17) is 0 Å². The smallest absolute Gasteiger partial charge is 0.224 e. The maximum atomic E-state index is 12.2. The number of aromatic nitrogens is 5. The van der Waals surface area contributed by atoms with E-state index in [1.807, 2.05) is 11.0 Å². The van der Waals surface area contributed by atoms with Crippen molar-refractivity contribution < 1.29 is 4.79 Å². The maximum absolute atomic E-state index is 12.2. The van der Waals surface area contributed by atoms with Crippen LogP contribution in [0.4, 0.5) is 0 Å². The number of H-pyrrole nitrogens is 1. The molecule has 3 heterocycles. The summed E-state index contributed by atoms with van der Waals surface area (Å²) in [5.74, 6) is 0.561. The van der Waals surface area contributed by atoms with Gasteiger partial charge >= 0.3 is 0 Å². The second-order valence-electron chi connectivity index (χ2n) is 5.10. The summed E-state index contributed by atoms with van der Waals surface area (Å²) in [6.07, 6.45) is 7.50. The number of rotatable bonds is 4. The van der Waals surface area contributed by atoms with Crippen molar-refractivity contribution >= 4 is 5.91 Å². The van der Waals surface area contributed by atoms with Gasteiger partial charge in [-0.3, -0.25) is 14.6 Å². The van der Waals surface area contributed by atoms with Gasteiger partial charge in [-0.1, -0.05) is 0 Å². The molecule has 0 saturated carbocycles. The molecular weight excluding hydrogens is 256 g/mol. The van der Waals surface area contributed by atoms with Gasteiger partial charge in [0.2, 0.25) is 5.91 Å². The average Bonchev–Trinajstić information content (AvgIpc) is 3.18. The first-order chi connectivity index (χ1) is 9.83. The highest BCUT2D eigenvalue weighted by molar-refractivity contribution is 5.76.